The molecule has 0 spiro atoms. The summed E-state index contributed by atoms with van der Waals surface area (Å²) in [5, 5.41) is 4.24. The van der Waals surface area contributed by atoms with Crippen LogP contribution in [0.1, 0.15) is 53.9 Å². The summed E-state index contributed by atoms with van der Waals surface area (Å²) < 4.78 is 15.5. The molecule has 3 aromatic rings. The highest BCUT2D eigenvalue weighted by atomic mass is 32.1. The van der Waals surface area contributed by atoms with Crippen molar-refractivity contribution in [3.63, 3.8) is 0 Å². The molecule has 1 aliphatic carbocycles. The van der Waals surface area contributed by atoms with E-state index in [-0.39, 0.29) is 17.9 Å². The number of hydrogen-bond acceptors (Lipinski definition) is 2. The van der Waals surface area contributed by atoms with Crippen LogP contribution >= 0.6 is 11.3 Å². The first kappa shape index (κ1) is 18.4. The molecule has 0 radical (unpaired) electrons. The second kappa shape index (κ2) is 7.34. The van der Waals surface area contributed by atoms with E-state index in [4.69, 9.17) is 0 Å². The second-order valence-electron chi connectivity index (χ2n) is 7.79. The zero-order chi connectivity index (χ0) is 20.0. The Morgan fingerprint density at radius 2 is 1.97 bits per heavy atom. The van der Waals surface area contributed by atoms with Gasteiger partial charge in [-0.1, -0.05) is 6.92 Å². The van der Waals surface area contributed by atoms with Crippen molar-refractivity contribution in [2.24, 2.45) is 0 Å². The van der Waals surface area contributed by atoms with Crippen molar-refractivity contribution in [3.8, 4) is 5.00 Å². The number of fused-ring (bicyclic) bond motifs is 5. The molecule has 4 nitrogen and oxygen atoms in total. The zero-order valence-electron chi connectivity index (χ0n) is 16.5. The van der Waals surface area contributed by atoms with E-state index in [2.05, 4.69) is 35.1 Å². The summed E-state index contributed by atoms with van der Waals surface area (Å²) in [6.07, 6.45) is 7.66. The van der Waals surface area contributed by atoms with E-state index in [0.717, 1.165) is 25.0 Å². The number of anilines is 1. The number of nitrogens with one attached hydrogen (secondary N) is 1. The van der Waals surface area contributed by atoms with Gasteiger partial charge in [0, 0.05) is 28.0 Å². The van der Waals surface area contributed by atoms with Gasteiger partial charge in [0.15, 0.2) is 0 Å². The molecule has 0 saturated heterocycles. The quantitative estimate of drug-likeness (QED) is 0.549. The zero-order valence-corrected chi connectivity index (χ0v) is 17.3. The number of aromatic nitrogens is 1. The first-order valence-corrected chi connectivity index (χ1v) is 11.1. The molecule has 1 aromatic carbocycles. The van der Waals surface area contributed by atoms with E-state index in [0.29, 0.717) is 12.2 Å². The van der Waals surface area contributed by atoms with Gasteiger partial charge in [0.05, 0.1) is 12.6 Å². The molecular formula is C23H24FN3OS. The number of carbonyl (C=O) groups excluding carboxylic acids is 1. The fraction of sp³-hybridized carbons (Fsp3) is 0.348. The maximum Gasteiger partial charge on any atom is 0.322 e. The van der Waals surface area contributed by atoms with Crippen molar-refractivity contribution in [2.45, 2.75) is 51.6 Å². The Morgan fingerprint density at radius 1 is 1.17 bits per heavy atom. The molecule has 0 bridgehead atoms. The minimum atomic E-state index is -0.309. The van der Waals surface area contributed by atoms with Gasteiger partial charge in [0.2, 0.25) is 0 Å². The van der Waals surface area contributed by atoms with Crippen LogP contribution in [0.4, 0.5) is 14.9 Å². The van der Waals surface area contributed by atoms with Gasteiger partial charge < -0.3 is 14.8 Å². The first-order chi connectivity index (χ1) is 14.2. The average Bonchev–Trinajstić information content (AvgIpc) is 3.32. The predicted molar refractivity (Wildman–Crippen MR) is 114 cm³/mol. The van der Waals surface area contributed by atoms with Crippen molar-refractivity contribution < 1.29 is 9.18 Å². The van der Waals surface area contributed by atoms with Crippen molar-refractivity contribution in [3.05, 3.63) is 70.1 Å². The molecule has 6 heteroatoms. The number of amides is 2. The van der Waals surface area contributed by atoms with Gasteiger partial charge in [0.25, 0.3) is 0 Å². The fourth-order valence-electron chi connectivity index (χ4n) is 4.64. The number of halogens is 1. The molecule has 2 aliphatic rings. The van der Waals surface area contributed by atoms with Gasteiger partial charge >= 0.3 is 6.03 Å². The lowest BCUT2D eigenvalue weighted by atomic mass is 9.95. The van der Waals surface area contributed by atoms with Crippen LogP contribution in [0, 0.1) is 5.82 Å². The van der Waals surface area contributed by atoms with Crippen LogP contribution in [-0.2, 0) is 19.4 Å². The molecule has 3 heterocycles. The highest BCUT2D eigenvalue weighted by Crippen LogP contribution is 2.43. The Bertz CT molecular complexity index is 1050. The van der Waals surface area contributed by atoms with E-state index in [1.807, 2.05) is 16.2 Å². The van der Waals surface area contributed by atoms with Crippen molar-refractivity contribution >= 4 is 23.1 Å². The van der Waals surface area contributed by atoms with Crippen molar-refractivity contribution in [1.29, 1.82) is 0 Å². The SMILES string of the molecule is CC[C@H]1c2cccn2-c2sc3c(c2CN1C(=O)Nc1ccc(F)cc1)CCCC3. The molecule has 0 unspecified atom stereocenters. The lowest BCUT2D eigenvalue weighted by Gasteiger charge is -2.30. The predicted octanol–water partition coefficient (Wildman–Crippen LogP) is 6.06. The highest BCUT2D eigenvalue weighted by molar-refractivity contribution is 7.15. The Balaban J connectivity index is 1.56. The summed E-state index contributed by atoms with van der Waals surface area (Å²) in [4.78, 5) is 16.7. The van der Waals surface area contributed by atoms with Crippen molar-refractivity contribution in [2.75, 3.05) is 5.32 Å². The number of rotatable bonds is 2. The van der Waals surface area contributed by atoms with Gasteiger partial charge in [-0.05, 0) is 74.1 Å². The third kappa shape index (κ3) is 3.15. The molecule has 0 saturated carbocycles. The molecule has 1 N–H and O–H groups in total. The highest BCUT2D eigenvalue weighted by Gasteiger charge is 2.34. The lowest BCUT2D eigenvalue weighted by Crippen LogP contribution is -2.37. The fourth-order valence-corrected chi connectivity index (χ4v) is 6.04. The summed E-state index contributed by atoms with van der Waals surface area (Å²) in [6.45, 7) is 2.73. The number of carbonyl (C=O) groups is 1. The Labute approximate surface area is 174 Å². The van der Waals surface area contributed by atoms with Crippen LogP contribution in [0.2, 0.25) is 0 Å². The minimum Gasteiger partial charge on any atom is -0.312 e. The number of thiophene rings is 1. The number of benzene rings is 1. The molecule has 5 rings (SSSR count). The Kier molecular flexibility index (Phi) is 4.66. The molecule has 0 fully saturated rings. The molecule has 29 heavy (non-hydrogen) atoms. The molecule has 1 aliphatic heterocycles. The molecule has 2 aromatic heterocycles. The van der Waals surface area contributed by atoms with Gasteiger partial charge in [-0.25, -0.2) is 9.18 Å². The number of urea groups is 1. The molecule has 2 amide bonds. The smallest absolute Gasteiger partial charge is 0.312 e. The standard InChI is InChI=1S/C23H24FN3OS/c1-2-19-20-7-5-13-26(20)22-18(17-6-3-4-8-21(17)29-22)14-27(19)23(28)25-16-11-9-15(24)10-12-16/h5,7,9-13,19H,2-4,6,8,14H2,1H3,(H,25,28)/t19-/m0/s1. The van der Waals surface area contributed by atoms with Gasteiger partial charge in [-0.3, -0.25) is 0 Å². The minimum absolute atomic E-state index is 0.00992. The van der Waals surface area contributed by atoms with E-state index in [1.165, 1.54) is 46.0 Å². The summed E-state index contributed by atoms with van der Waals surface area (Å²) >= 11 is 1.89. The number of hydrogen-bond donors (Lipinski definition) is 1. The Morgan fingerprint density at radius 3 is 2.76 bits per heavy atom. The van der Waals surface area contributed by atoms with Crippen LogP contribution in [-0.4, -0.2) is 15.5 Å². The number of aryl methyl sites for hydroxylation is 1. The van der Waals surface area contributed by atoms with Crippen molar-refractivity contribution in [1.82, 2.24) is 9.47 Å². The van der Waals surface area contributed by atoms with E-state index in [9.17, 15) is 9.18 Å². The van der Waals surface area contributed by atoms with E-state index >= 15 is 0 Å². The summed E-state index contributed by atoms with van der Waals surface area (Å²) in [5.74, 6) is -0.309. The van der Waals surface area contributed by atoms with Crippen LogP contribution in [0.25, 0.3) is 5.00 Å². The molecule has 150 valence electrons. The van der Waals surface area contributed by atoms with Gasteiger partial charge in [0.1, 0.15) is 10.8 Å². The van der Waals surface area contributed by atoms with Gasteiger partial charge in [-0.2, -0.15) is 0 Å². The topological polar surface area (TPSA) is 37.3 Å². The maximum absolute atomic E-state index is 13.3. The normalized spacial score (nSPS) is 17.9. The van der Waals surface area contributed by atoms with Gasteiger partial charge in [-0.15, -0.1) is 11.3 Å². The van der Waals surface area contributed by atoms with Crippen LogP contribution in [0.3, 0.4) is 0 Å². The first-order valence-electron chi connectivity index (χ1n) is 10.3. The molecular weight excluding hydrogens is 385 g/mol. The third-order valence-electron chi connectivity index (χ3n) is 6.05. The monoisotopic (exact) mass is 409 g/mol. The third-order valence-corrected chi connectivity index (χ3v) is 7.38. The average molecular weight is 410 g/mol. The van der Waals surface area contributed by atoms with Crippen LogP contribution in [0.15, 0.2) is 42.6 Å². The maximum atomic E-state index is 13.3. The summed E-state index contributed by atoms with van der Waals surface area (Å²) in [6, 6.07) is 9.99. The van der Waals surface area contributed by atoms with E-state index < -0.39 is 0 Å². The molecule has 1 atom stereocenters. The summed E-state index contributed by atoms with van der Waals surface area (Å²) in [7, 11) is 0. The lowest BCUT2D eigenvalue weighted by molar-refractivity contribution is 0.181. The summed E-state index contributed by atoms with van der Waals surface area (Å²) in [5.41, 5.74) is 4.51. The van der Waals surface area contributed by atoms with E-state index in [1.54, 1.807) is 12.1 Å². The number of nitrogens with zero attached hydrogens (tertiary/aromatic N) is 2. The van der Waals surface area contributed by atoms with Crippen LogP contribution < -0.4 is 5.32 Å². The largest absolute Gasteiger partial charge is 0.322 e. The second-order valence-corrected chi connectivity index (χ2v) is 8.87. The Hall–Kier alpha value is -2.60. The van der Waals surface area contributed by atoms with Crippen LogP contribution in [0.5, 0.6) is 0 Å².